The van der Waals surface area contributed by atoms with Crippen molar-refractivity contribution in [2.75, 3.05) is 0 Å². The van der Waals surface area contributed by atoms with Gasteiger partial charge in [-0.05, 0) is 32.8 Å². The largest absolute Gasteiger partial charge is 0.331 e. The maximum atomic E-state index is 12.9. The highest BCUT2D eigenvalue weighted by Crippen LogP contribution is 2.32. The predicted octanol–water partition coefficient (Wildman–Crippen LogP) is 2.89. The number of hydrogen-bond donors (Lipinski definition) is 0. The molecule has 1 saturated carbocycles. The van der Waals surface area contributed by atoms with Gasteiger partial charge < -0.3 is 4.90 Å². The highest BCUT2D eigenvalue weighted by molar-refractivity contribution is 6.33. The fourth-order valence-electron chi connectivity index (χ4n) is 2.67. The van der Waals surface area contributed by atoms with Crippen LogP contribution in [0.2, 0.25) is 5.02 Å². The number of nitrogens with zero attached hydrogens (tertiary/aromatic N) is 4. The van der Waals surface area contributed by atoms with Crippen molar-refractivity contribution in [1.29, 1.82) is 0 Å². The van der Waals surface area contributed by atoms with Crippen LogP contribution >= 0.6 is 11.6 Å². The summed E-state index contributed by atoms with van der Waals surface area (Å²) >= 11 is 6.13. The molecule has 0 spiro atoms. The van der Waals surface area contributed by atoms with Gasteiger partial charge in [-0.1, -0.05) is 11.6 Å². The zero-order valence-corrected chi connectivity index (χ0v) is 13.8. The van der Waals surface area contributed by atoms with Gasteiger partial charge in [0.15, 0.2) is 0 Å². The Bertz CT molecular complexity index is 721. The molecule has 0 aliphatic heterocycles. The second-order valence-corrected chi connectivity index (χ2v) is 6.20. The van der Waals surface area contributed by atoms with Crippen LogP contribution in [0.1, 0.15) is 40.2 Å². The predicted molar refractivity (Wildman–Crippen MR) is 84.8 cm³/mol. The molecule has 0 radical (unpaired) electrons. The van der Waals surface area contributed by atoms with Crippen LogP contribution in [-0.2, 0) is 13.6 Å². The van der Waals surface area contributed by atoms with Gasteiger partial charge in [-0.25, -0.2) is 0 Å². The maximum Gasteiger partial charge on any atom is 0.256 e. The highest BCUT2D eigenvalue weighted by atomic mass is 35.5. The Hall–Kier alpha value is -1.88. The lowest BCUT2D eigenvalue weighted by Gasteiger charge is -2.23. The molecule has 0 atom stereocenters. The van der Waals surface area contributed by atoms with Gasteiger partial charge >= 0.3 is 0 Å². The first-order valence-electron chi connectivity index (χ1n) is 7.38. The van der Waals surface area contributed by atoms with E-state index in [4.69, 9.17) is 11.6 Å². The molecule has 1 aliphatic rings. The van der Waals surface area contributed by atoms with Crippen LogP contribution in [0.5, 0.6) is 0 Å². The lowest BCUT2D eigenvalue weighted by molar-refractivity contribution is 0.0729. The van der Waals surface area contributed by atoms with Gasteiger partial charge in [0, 0.05) is 43.3 Å². The summed E-state index contributed by atoms with van der Waals surface area (Å²) in [6.45, 7) is 4.59. The van der Waals surface area contributed by atoms with E-state index in [0.29, 0.717) is 23.2 Å². The number of pyridine rings is 1. The van der Waals surface area contributed by atoms with Crippen molar-refractivity contribution in [3.63, 3.8) is 0 Å². The topological polar surface area (TPSA) is 51.0 Å². The van der Waals surface area contributed by atoms with Crippen molar-refractivity contribution in [2.45, 2.75) is 39.3 Å². The van der Waals surface area contributed by atoms with Crippen molar-refractivity contribution in [1.82, 2.24) is 19.7 Å². The van der Waals surface area contributed by atoms with Crippen LogP contribution in [0.3, 0.4) is 0 Å². The average molecular weight is 319 g/mol. The lowest BCUT2D eigenvalue weighted by Crippen LogP contribution is -2.33. The highest BCUT2D eigenvalue weighted by Gasteiger charge is 2.34. The fraction of sp³-hybridized carbons (Fsp3) is 0.438. The summed E-state index contributed by atoms with van der Waals surface area (Å²) in [7, 11) is 1.93. The third kappa shape index (κ3) is 2.73. The standard InChI is InChI=1S/C16H19ClN4O/c1-10-14(11(2)20(3)19-10)9-21(12-4-5-12)16(22)13-6-7-18-8-15(13)17/h6-8,12H,4-5,9H2,1-3H3. The molecule has 2 heterocycles. The van der Waals surface area contributed by atoms with E-state index in [1.54, 1.807) is 12.3 Å². The quantitative estimate of drug-likeness (QED) is 0.871. The minimum Gasteiger partial charge on any atom is -0.331 e. The van der Waals surface area contributed by atoms with Gasteiger partial charge in [-0.15, -0.1) is 0 Å². The van der Waals surface area contributed by atoms with Gasteiger partial charge in [-0.2, -0.15) is 5.10 Å². The minimum atomic E-state index is -0.0300. The Labute approximate surface area is 134 Å². The molecular formula is C16H19ClN4O. The molecule has 5 nitrogen and oxygen atoms in total. The molecule has 2 aromatic rings. The van der Waals surface area contributed by atoms with E-state index in [-0.39, 0.29) is 5.91 Å². The summed E-state index contributed by atoms with van der Waals surface area (Å²) in [5, 5.41) is 4.84. The van der Waals surface area contributed by atoms with Gasteiger partial charge in [0.2, 0.25) is 0 Å². The van der Waals surface area contributed by atoms with Crippen molar-refractivity contribution in [3.05, 3.63) is 46.0 Å². The molecule has 2 aromatic heterocycles. The molecular weight excluding hydrogens is 300 g/mol. The first kappa shape index (κ1) is 15.0. The number of rotatable bonds is 4. The Balaban J connectivity index is 1.91. The van der Waals surface area contributed by atoms with Crippen LogP contribution in [0.25, 0.3) is 0 Å². The van der Waals surface area contributed by atoms with E-state index in [0.717, 1.165) is 29.8 Å². The third-order valence-electron chi connectivity index (χ3n) is 4.24. The van der Waals surface area contributed by atoms with Crippen molar-refractivity contribution in [2.24, 2.45) is 7.05 Å². The summed E-state index contributed by atoms with van der Waals surface area (Å²) in [6.07, 6.45) is 5.21. The zero-order valence-electron chi connectivity index (χ0n) is 13.0. The van der Waals surface area contributed by atoms with Gasteiger partial charge in [0.25, 0.3) is 5.91 Å². The molecule has 3 rings (SSSR count). The average Bonchev–Trinajstić information content (AvgIpc) is 3.28. The second kappa shape index (κ2) is 5.72. The van der Waals surface area contributed by atoms with Crippen molar-refractivity contribution < 1.29 is 4.79 Å². The van der Waals surface area contributed by atoms with Crippen LogP contribution in [-0.4, -0.2) is 31.6 Å². The SMILES string of the molecule is Cc1nn(C)c(C)c1CN(C(=O)c1ccncc1Cl)C1CC1. The number of carbonyl (C=O) groups excluding carboxylic acids is 1. The Morgan fingerprint density at radius 3 is 2.73 bits per heavy atom. The summed E-state index contributed by atoms with van der Waals surface area (Å²) in [5.74, 6) is -0.0300. The summed E-state index contributed by atoms with van der Waals surface area (Å²) in [6, 6.07) is 1.99. The van der Waals surface area contributed by atoms with Crippen LogP contribution in [0.15, 0.2) is 18.5 Å². The van der Waals surface area contributed by atoms with Gasteiger partial charge in [0.1, 0.15) is 0 Å². The van der Waals surface area contributed by atoms with Crippen molar-refractivity contribution >= 4 is 17.5 Å². The smallest absolute Gasteiger partial charge is 0.256 e. The summed E-state index contributed by atoms with van der Waals surface area (Å²) < 4.78 is 1.86. The molecule has 116 valence electrons. The molecule has 6 heteroatoms. The van der Waals surface area contributed by atoms with Crippen LogP contribution in [0.4, 0.5) is 0 Å². The Morgan fingerprint density at radius 2 is 2.18 bits per heavy atom. The third-order valence-corrected chi connectivity index (χ3v) is 4.54. The number of aromatic nitrogens is 3. The first-order valence-corrected chi connectivity index (χ1v) is 7.76. The van der Waals surface area contributed by atoms with E-state index in [1.807, 2.05) is 30.5 Å². The van der Waals surface area contributed by atoms with Crippen LogP contribution < -0.4 is 0 Å². The molecule has 1 amide bonds. The minimum absolute atomic E-state index is 0.0300. The Kier molecular flexibility index (Phi) is 3.91. The molecule has 0 bridgehead atoms. The number of carbonyl (C=O) groups is 1. The van der Waals surface area contributed by atoms with E-state index in [9.17, 15) is 4.79 Å². The molecule has 1 aliphatic carbocycles. The molecule has 1 fully saturated rings. The van der Waals surface area contributed by atoms with E-state index < -0.39 is 0 Å². The number of amides is 1. The molecule has 0 unspecified atom stereocenters. The number of halogens is 1. The van der Waals surface area contributed by atoms with E-state index >= 15 is 0 Å². The van der Waals surface area contributed by atoms with Crippen LogP contribution in [0, 0.1) is 13.8 Å². The molecule has 0 aromatic carbocycles. The first-order chi connectivity index (χ1) is 10.5. The molecule has 0 N–H and O–H groups in total. The molecule has 0 saturated heterocycles. The molecule has 22 heavy (non-hydrogen) atoms. The number of aryl methyl sites for hydroxylation is 2. The maximum absolute atomic E-state index is 12.9. The van der Waals surface area contributed by atoms with E-state index in [1.165, 1.54) is 6.20 Å². The summed E-state index contributed by atoms with van der Waals surface area (Å²) in [4.78, 5) is 18.7. The normalized spacial score (nSPS) is 14.2. The van der Waals surface area contributed by atoms with Crippen molar-refractivity contribution in [3.8, 4) is 0 Å². The zero-order chi connectivity index (χ0) is 15.9. The fourth-order valence-corrected chi connectivity index (χ4v) is 2.87. The lowest BCUT2D eigenvalue weighted by atomic mass is 10.1. The van der Waals surface area contributed by atoms with E-state index in [2.05, 4.69) is 10.1 Å². The monoisotopic (exact) mass is 318 g/mol. The number of hydrogen-bond acceptors (Lipinski definition) is 3. The van der Waals surface area contributed by atoms with Gasteiger partial charge in [-0.3, -0.25) is 14.5 Å². The Morgan fingerprint density at radius 1 is 1.45 bits per heavy atom. The van der Waals surface area contributed by atoms with Gasteiger partial charge in [0.05, 0.1) is 16.3 Å². The second-order valence-electron chi connectivity index (χ2n) is 5.79. The summed E-state index contributed by atoms with van der Waals surface area (Å²) in [5.41, 5.74) is 3.70.